The molecule has 2 nitrogen and oxygen atoms in total. The summed E-state index contributed by atoms with van der Waals surface area (Å²) in [6.07, 6.45) is 4.11. The van der Waals surface area contributed by atoms with Crippen molar-refractivity contribution in [3.63, 3.8) is 0 Å². The molecule has 2 atom stereocenters. The van der Waals surface area contributed by atoms with E-state index < -0.39 is 0 Å². The molecular formula is C18H29NO. The third-order valence-corrected chi connectivity index (χ3v) is 4.27. The van der Waals surface area contributed by atoms with Crippen LogP contribution in [0.3, 0.4) is 0 Å². The van der Waals surface area contributed by atoms with E-state index in [2.05, 4.69) is 64.2 Å². The molecular weight excluding hydrogens is 246 g/mol. The molecule has 0 aromatic heterocycles. The van der Waals surface area contributed by atoms with Crippen molar-refractivity contribution in [2.45, 2.75) is 66.0 Å². The van der Waals surface area contributed by atoms with E-state index in [0.29, 0.717) is 11.5 Å². The second-order valence-electron chi connectivity index (χ2n) is 7.33. The molecule has 1 N–H and O–H groups in total. The number of hydrogen-bond acceptors (Lipinski definition) is 2. The summed E-state index contributed by atoms with van der Waals surface area (Å²) < 4.78 is 5.68. The van der Waals surface area contributed by atoms with Crippen molar-refractivity contribution in [3.05, 3.63) is 24.3 Å². The highest BCUT2D eigenvalue weighted by Gasteiger charge is 2.32. The fraction of sp³-hybridized carbons (Fsp3) is 0.667. The average Bonchev–Trinajstić information content (AvgIpc) is 2.34. The van der Waals surface area contributed by atoms with E-state index in [9.17, 15) is 0 Å². The van der Waals surface area contributed by atoms with Gasteiger partial charge in [0.1, 0.15) is 5.75 Å². The fourth-order valence-corrected chi connectivity index (χ4v) is 3.28. The number of ether oxygens (including phenoxy) is 1. The Morgan fingerprint density at radius 2 is 1.85 bits per heavy atom. The zero-order valence-corrected chi connectivity index (χ0v) is 13.6. The van der Waals surface area contributed by atoms with Crippen LogP contribution in [-0.4, -0.2) is 12.1 Å². The van der Waals surface area contributed by atoms with E-state index in [1.54, 1.807) is 0 Å². The molecule has 0 aliphatic heterocycles. The monoisotopic (exact) mass is 275 g/mol. The van der Waals surface area contributed by atoms with Gasteiger partial charge in [0, 0.05) is 11.7 Å². The second kappa shape index (κ2) is 6.07. The Bertz CT molecular complexity index is 422. The predicted molar refractivity (Wildman–Crippen MR) is 86.4 cm³/mol. The van der Waals surface area contributed by atoms with Gasteiger partial charge in [0.05, 0.1) is 6.10 Å². The van der Waals surface area contributed by atoms with Gasteiger partial charge >= 0.3 is 0 Å². The molecule has 0 radical (unpaired) electrons. The van der Waals surface area contributed by atoms with E-state index in [-0.39, 0.29) is 6.10 Å². The molecule has 2 unspecified atom stereocenters. The van der Waals surface area contributed by atoms with Crippen molar-refractivity contribution in [2.24, 2.45) is 11.3 Å². The minimum atomic E-state index is 0.231. The number of benzene rings is 1. The molecule has 20 heavy (non-hydrogen) atoms. The van der Waals surface area contributed by atoms with Gasteiger partial charge in [0.15, 0.2) is 0 Å². The van der Waals surface area contributed by atoms with E-state index in [1.165, 1.54) is 24.9 Å². The van der Waals surface area contributed by atoms with E-state index in [1.807, 2.05) is 0 Å². The van der Waals surface area contributed by atoms with Crippen molar-refractivity contribution < 1.29 is 4.74 Å². The molecule has 0 saturated heterocycles. The zero-order valence-electron chi connectivity index (χ0n) is 13.6. The van der Waals surface area contributed by atoms with Crippen LogP contribution in [0.1, 0.15) is 53.9 Å². The lowest BCUT2D eigenvalue weighted by molar-refractivity contribution is 0.177. The Kier molecular flexibility index (Phi) is 4.62. The van der Waals surface area contributed by atoms with Gasteiger partial charge in [-0.3, -0.25) is 0 Å². The highest BCUT2D eigenvalue weighted by Crippen LogP contribution is 2.39. The lowest BCUT2D eigenvalue weighted by Gasteiger charge is -2.40. The largest absolute Gasteiger partial charge is 0.491 e. The summed E-state index contributed by atoms with van der Waals surface area (Å²) in [6.45, 7) is 11.2. The van der Waals surface area contributed by atoms with Gasteiger partial charge in [-0.2, -0.15) is 0 Å². The van der Waals surface area contributed by atoms with Crippen LogP contribution in [0.4, 0.5) is 5.69 Å². The van der Waals surface area contributed by atoms with E-state index in [4.69, 9.17) is 4.74 Å². The van der Waals surface area contributed by atoms with Crippen LogP contribution in [0.25, 0.3) is 0 Å². The van der Waals surface area contributed by atoms with Crippen LogP contribution < -0.4 is 10.1 Å². The summed E-state index contributed by atoms with van der Waals surface area (Å²) >= 11 is 0. The predicted octanol–water partition coefficient (Wildman–Crippen LogP) is 5.10. The Morgan fingerprint density at radius 1 is 1.20 bits per heavy atom. The first-order valence-electron chi connectivity index (χ1n) is 7.89. The molecule has 1 aromatic rings. The number of nitrogens with one attached hydrogen (secondary N) is 1. The maximum Gasteiger partial charge on any atom is 0.119 e. The average molecular weight is 275 g/mol. The van der Waals surface area contributed by atoms with Crippen LogP contribution in [0.15, 0.2) is 24.3 Å². The molecule has 1 fully saturated rings. The summed E-state index contributed by atoms with van der Waals surface area (Å²) in [4.78, 5) is 0. The molecule has 0 bridgehead atoms. The van der Waals surface area contributed by atoms with Crippen molar-refractivity contribution in [1.82, 2.24) is 0 Å². The molecule has 112 valence electrons. The van der Waals surface area contributed by atoms with Crippen molar-refractivity contribution >= 4 is 5.69 Å². The molecule has 1 aliphatic rings. The third kappa shape index (κ3) is 4.16. The standard InChI is InChI=1S/C18H29NO/c1-13(2)20-16-8-6-15(7-9-16)19-17-10-11-18(4,5)12-14(17)3/h6-9,13-14,17,19H,10-12H2,1-5H3. The maximum atomic E-state index is 5.68. The van der Waals surface area contributed by atoms with Gasteiger partial charge in [-0.25, -0.2) is 0 Å². The van der Waals surface area contributed by atoms with Gasteiger partial charge in [-0.05, 0) is 68.7 Å². The fourth-order valence-electron chi connectivity index (χ4n) is 3.28. The normalized spacial score (nSPS) is 25.5. The highest BCUT2D eigenvalue weighted by atomic mass is 16.5. The van der Waals surface area contributed by atoms with Crippen molar-refractivity contribution in [2.75, 3.05) is 5.32 Å². The van der Waals surface area contributed by atoms with Crippen LogP contribution in [0, 0.1) is 11.3 Å². The topological polar surface area (TPSA) is 21.3 Å². The summed E-state index contributed by atoms with van der Waals surface area (Å²) in [5, 5.41) is 3.69. The van der Waals surface area contributed by atoms with Crippen LogP contribution in [-0.2, 0) is 0 Å². The van der Waals surface area contributed by atoms with Gasteiger partial charge in [-0.15, -0.1) is 0 Å². The highest BCUT2D eigenvalue weighted by molar-refractivity contribution is 5.47. The van der Waals surface area contributed by atoms with Gasteiger partial charge in [0.2, 0.25) is 0 Å². The summed E-state index contributed by atoms with van der Waals surface area (Å²) in [5.41, 5.74) is 1.71. The molecule has 2 heteroatoms. The molecule has 1 aromatic carbocycles. The summed E-state index contributed by atoms with van der Waals surface area (Å²) in [5.74, 6) is 1.67. The Balaban J connectivity index is 1.93. The lowest BCUT2D eigenvalue weighted by atomic mass is 9.70. The second-order valence-corrected chi connectivity index (χ2v) is 7.33. The Labute approximate surface area is 123 Å². The number of rotatable bonds is 4. The van der Waals surface area contributed by atoms with Gasteiger partial charge < -0.3 is 10.1 Å². The number of hydrogen-bond donors (Lipinski definition) is 1. The smallest absolute Gasteiger partial charge is 0.119 e. The quantitative estimate of drug-likeness (QED) is 0.825. The summed E-state index contributed by atoms with van der Waals surface area (Å²) in [6, 6.07) is 8.97. The maximum absolute atomic E-state index is 5.68. The van der Waals surface area contributed by atoms with Crippen LogP contribution >= 0.6 is 0 Å². The third-order valence-electron chi connectivity index (χ3n) is 4.27. The zero-order chi connectivity index (χ0) is 14.8. The van der Waals surface area contributed by atoms with Crippen molar-refractivity contribution in [3.8, 4) is 5.75 Å². The van der Waals surface area contributed by atoms with Gasteiger partial charge in [-0.1, -0.05) is 20.8 Å². The molecule has 1 aliphatic carbocycles. The van der Waals surface area contributed by atoms with Crippen LogP contribution in [0.5, 0.6) is 5.75 Å². The first-order valence-corrected chi connectivity index (χ1v) is 7.89. The Morgan fingerprint density at radius 3 is 2.40 bits per heavy atom. The lowest BCUT2D eigenvalue weighted by Crippen LogP contribution is -2.36. The number of anilines is 1. The molecule has 0 spiro atoms. The van der Waals surface area contributed by atoms with E-state index in [0.717, 1.165) is 11.7 Å². The van der Waals surface area contributed by atoms with Crippen molar-refractivity contribution in [1.29, 1.82) is 0 Å². The van der Waals surface area contributed by atoms with Crippen LogP contribution in [0.2, 0.25) is 0 Å². The summed E-state index contributed by atoms with van der Waals surface area (Å²) in [7, 11) is 0. The molecule has 2 rings (SSSR count). The minimum Gasteiger partial charge on any atom is -0.491 e. The molecule has 0 heterocycles. The first-order chi connectivity index (χ1) is 9.35. The first kappa shape index (κ1) is 15.2. The van der Waals surface area contributed by atoms with Gasteiger partial charge in [0.25, 0.3) is 0 Å². The molecule has 1 saturated carbocycles. The van der Waals surface area contributed by atoms with E-state index >= 15 is 0 Å². The Hall–Kier alpha value is -1.18. The SMILES string of the molecule is CC(C)Oc1ccc(NC2CCC(C)(C)CC2C)cc1. The minimum absolute atomic E-state index is 0.231. The molecule has 0 amide bonds.